The first-order valence-electron chi connectivity index (χ1n) is 3.27. The molecule has 0 aromatic carbocycles. The second-order valence-electron chi connectivity index (χ2n) is 2.54. The molecule has 2 rings (SSSR count). The standard InChI is InChI=1S/C7H9N3/c1-4-3-6-7(8-4)10-5(2)9-6/h3,8H,1-2H3,(H,9,10). The molecule has 3 nitrogen and oxygen atoms in total. The second kappa shape index (κ2) is 1.62. The van der Waals surface area contributed by atoms with E-state index >= 15 is 0 Å². The number of fused-ring (bicyclic) bond motifs is 1. The van der Waals surface area contributed by atoms with Gasteiger partial charge in [0.15, 0.2) is 5.65 Å². The van der Waals surface area contributed by atoms with Crippen LogP contribution in [0.15, 0.2) is 6.07 Å². The van der Waals surface area contributed by atoms with Crippen molar-refractivity contribution in [2.45, 2.75) is 13.8 Å². The molecular weight excluding hydrogens is 126 g/mol. The maximum atomic E-state index is 4.22. The predicted octanol–water partition coefficient (Wildman–Crippen LogP) is 1.51. The molecule has 0 fully saturated rings. The van der Waals surface area contributed by atoms with Gasteiger partial charge in [-0.2, -0.15) is 0 Å². The summed E-state index contributed by atoms with van der Waals surface area (Å²) in [5.74, 6) is 0.959. The van der Waals surface area contributed by atoms with E-state index in [2.05, 4.69) is 21.0 Å². The van der Waals surface area contributed by atoms with Crippen LogP contribution in [0.2, 0.25) is 0 Å². The molecule has 0 atom stereocenters. The van der Waals surface area contributed by atoms with Crippen molar-refractivity contribution in [1.82, 2.24) is 15.0 Å². The highest BCUT2D eigenvalue weighted by Gasteiger charge is 1.99. The van der Waals surface area contributed by atoms with Crippen molar-refractivity contribution in [3.8, 4) is 0 Å². The largest absolute Gasteiger partial charge is 0.342 e. The monoisotopic (exact) mass is 135 g/mol. The number of aromatic nitrogens is 3. The quantitative estimate of drug-likeness (QED) is 0.565. The Kier molecular flexibility index (Phi) is 0.897. The lowest BCUT2D eigenvalue weighted by atomic mass is 10.5. The van der Waals surface area contributed by atoms with E-state index in [-0.39, 0.29) is 0 Å². The van der Waals surface area contributed by atoms with Crippen molar-refractivity contribution < 1.29 is 0 Å². The first-order valence-corrected chi connectivity index (χ1v) is 3.27. The van der Waals surface area contributed by atoms with Gasteiger partial charge in [-0.1, -0.05) is 0 Å². The molecule has 0 unspecified atom stereocenters. The zero-order valence-electron chi connectivity index (χ0n) is 6.02. The summed E-state index contributed by atoms with van der Waals surface area (Å²) in [7, 11) is 0. The van der Waals surface area contributed by atoms with Crippen LogP contribution in [0.25, 0.3) is 11.2 Å². The van der Waals surface area contributed by atoms with Gasteiger partial charge in [-0.3, -0.25) is 0 Å². The van der Waals surface area contributed by atoms with Crippen LogP contribution in [0.3, 0.4) is 0 Å². The molecule has 0 radical (unpaired) electrons. The molecule has 0 saturated carbocycles. The van der Waals surface area contributed by atoms with E-state index in [9.17, 15) is 0 Å². The van der Waals surface area contributed by atoms with Crippen LogP contribution in [0, 0.1) is 13.8 Å². The molecule has 52 valence electrons. The highest BCUT2D eigenvalue weighted by Crippen LogP contribution is 2.10. The maximum absolute atomic E-state index is 4.22. The molecule has 0 aliphatic carbocycles. The summed E-state index contributed by atoms with van der Waals surface area (Å²) in [6.07, 6.45) is 0. The summed E-state index contributed by atoms with van der Waals surface area (Å²) in [6, 6.07) is 2.05. The van der Waals surface area contributed by atoms with E-state index in [4.69, 9.17) is 0 Å². The number of aryl methyl sites for hydroxylation is 2. The number of hydrogen-bond donors (Lipinski definition) is 2. The number of hydrogen-bond acceptors (Lipinski definition) is 1. The molecule has 2 heterocycles. The normalized spacial score (nSPS) is 11.0. The fourth-order valence-electron chi connectivity index (χ4n) is 1.15. The van der Waals surface area contributed by atoms with E-state index < -0.39 is 0 Å². The molecule has 2 aromatic heterocycles. The van der Waals surface area contributed by atoms with Crippen molar-refractivity contribution in [2.75, 3.05) is 0 Å². The van der Waals surface area contributed by atoms with Gasteiger partial charge < -0.3 is 9.97 Å². The summed E-state index contributed by atoms with van der Waals surface area (Å²) in [5, 5.41) is 0. The van der Waals surface area contributed by atoms with Crippen LogP contribution >= 0.6 is 0 Å². The summed E-state index contributed by atoms with van der Waals surface area (Å²) >= 11 is 0. The van der Waals surface area contributed by atoms with E-state index in [0.29, 0.717) is 0 Å². The predicted molar refractivity (Wildman–Crippen MR) is 39.9 cm³/mol. The third kappa shape index (κ3) is 0.635. The molecule has 0 spiro atoms. The molecule has 0 amide bonds. The summed E-state index contributed by atoms with van der Waals surface area (Å²) in [4.78, 5) is 10.5. The Labute approximate surface area is 58.5 Å². The van der Waals surface area contributed by atoms with Gasteiger partial charge in [0.05, 0.1) is 5.52 Å². The molecule has 2 aromatic rings. The SMILES string of the molecule is Cc1cc2[nH]c(C)nc2[nH]1. The van der Waals surface area contributed by atoms with Crippen LogP contribution in [0.4, 0.5) is 0 Å². The highest BCUT2D eigenvalue weighted by molar-refractivity contribution is 5.72. The molecule has 2 N–H and O–H groups in total. The average molecular weight is 135 g/mol. The van der Waals surface area contributed by atoms with Crippen LogP contribution in [-0.2, 0) is 0 Å². The molecular formula is C7H9N3. The molecule has 0 aliphatic heterocycles. The number of aromatic amines is 2. The fraction of sp³-hybridized carbons (Fsp3) is 0.286. The first kappa shape index (κ1) is 5.53. The lowest BCUT2D eigenvalue weighted by Crippen LogP contribution is -1.73. The minimum Gasteiger partial charge on any atom is -0.342 e. The molecule has 3 heteroatoms. The maximum Gasteiger partial charge on any atom is 0.156 e. The third-order valence-electron chi connectivity index (χ3n) is 1.53. The number of nitrogens with zero attached hydrogens (tertiary/aromatic N) is 1. The average Bonchev–Trinajstić information content (AvgIpc) is 2.21. The van der Waals surface area contributed by atoms with Gasteiger partial charge in [-0.15, -0.1) is 0 Å². The number of H-pyrrole nitrogens is 2. The van der Waals surface area contributed by atoms with Gasteiger partial charge in [0.25, 0.3) is 0 Å². The van der Waals surface area contributed by atoms with Crippen molar-refractivity contribution in [3.63, 3.8) is 0 Å². The Balaban J connectivity index is 2.83. The van der Waals surface area contributed by atoms with Crippen LogP contribution < -0.4 is 0 Å². The minimum absolute atomic E-state index is 0.954. The van der Waals surface area contributed by atoms with Gasteiger partial charge in [0.2, 0.25) is 0 Å². The van der Waals surface area contributed by atoms with E-state index in [1.807, 2.05) is 13.8 Å². The third-order valence-corrected chi connectivity index (χ3v) is 1.53. The number of nitrogens with one attached hydrogen (secondary N) is 2. The lowest BCUT2D eigenvalue weighted by Gasteiger charge is -1.78. The van der Waals surface area contributed by atoms with Crippen molar-refractivity contribution in [3.05, 3.63) is 17.6 Å². The minimum atomic E-state index is 0.954. The van der Waals surface area contributed by atoms with Gasteiger partial charge in [0.1, 0.15) is 5.82 Å². The van der Waals surface area contributed by atoms with Crippen molar-refractivity contribution in [1.29, 1.82) is 0 Å². The van der Waals surface area contributed by atoms with Crippen molar-refractivity contribution in [2.24, 2.45) is 0 Å². The highest BCUT2D eigenvalue weighted by atomic mass is 15.0. The molecule has 0 bridgehead atoms. The summed E-state index contributed by atoms with van der Waals surface area (Å²) < 4.78 is 0. The Morgan fingerprint density at radius 3 is 2.80 bits per heavy atom. The Morgan fingerprint density at radius 2 is 2.10 bits per heavy atom. The van der Waals surface area contributed by atoms with E-state index in [0.717, 1.165) is 22.7 Å². The van der Waals surface area contributed by atoms with Gasteiger partial charge in [-0.05, 0) is 19.9 Å². The van der Waals surface area contributed by atoms with Crippen molar-refractivity contribution >= 4 is 11.2 Å². The Hall–Kier alpha value is -1.25. The smallest absolute Gasteiger partial charge is 0.156 e. The number of imidazole rings is 1. The van der Waals surface area contributed by atoms with Gasteiger partial charge in [-0.25, -0.2) is 4.98 Å². The second-order valence-corrected chi connectivity index (χ2v) is 2.54. The van der Waals surface area contributed by atoms with Crippen LogP contribution in [-0.4, -0.2) is 15.0 Å². The molecule has 10 heavy (non-hydrogen) atoms. The molecule has 0 aliphatic rings. The molecule has 0 saturated heterocycles. The summed E-state index contributed by atoms with van der Waals surface area (Å²) in [5.41, 5.74) is 3.19. The van der Waals surface area contributed by atoms with E-state index in [1.165, 1.54) is 0 Å². The van der Waals surface area contributed by atoms with Crippen LogP contribution in [0.1, 0.15) is 11.5 Å². The Morgan fingerprint density at radius 1 is 1.30 bits per heavy atom. The van der Waals surface area contributed by atoms with Gasteiger partial charge in [0, 0.05) is 5.69 Å². The zero-order chi connectivity index (χ0) is 7.14. The fourth-order valence-corrected chi connectivity index (χ4v) is 1.15. The number of rotatable bonds is 0. The zero-order valence-corrected chi connectivity index (χ0v) is 6.02. The van der Waals surface area contributed by atoms with Gasteiger partial charge >= 0.3 is 0 Å². The topological polar surface area (TPSA) is 44.5 Å². The summed E-state index contributed by atoms with van der Waals surface area (Å²) in [6.45, 7) is 3.97. The van der Waals surface area contributed by atoms with Crippen LogP contribution in [0.5, 0.6) is 0 Å². The first-order chi connectivity index (χ1) is 4.75. The lowest BCUT2D eigenvalue weighted by molar-refractivity contribution is 1.14. The van der Waals surface area contributed by atoms with E-state index in [1.54, 1.807) is 0 Å². The Bertz CT molecular complexity index is 293.